The Kier molecular flexibility index (Phi) is 6.40. The van der Waals surface area contributed by atoms with E-state index in [0.29, 0.717) is 23.1 Å². The highest BCUT2D eigenvalue weighted by atomic mass is 32.1. The molecule has 1 aliphatic heterocycles. The number of benzene rings is 1. The Bertz CT molecular complexity index is 730. The number of carbonyl (C=O) groups is 1. The maximum absolute atomic E-state index is 12.5. The van der Waals surface area contributed by atoms with Crippen molar-refractivity contribution < 1.29 is 14.3 Å². The molecule has 0 N–H and O–H groups in total. The number of nitrogens with zero attached hydrogens (tertiary/aromatic N) is 2. The normalized spacial score (nSPS) is 18.2. The number of ether oxygens (including phenoxy) is 2. The third-order valence-electron chi connectivity index (χ3n) is 4.25. The summed E-state index contributed by atoms with van der Waals surface area (Å²) in [6.45, 7) is 10.0. The van der Waals surface area contributed by atoms with Crippen LogP contribution >= 0.6 is 11.3 Å². The Hall–Kier alpha value is -1.76. The van der Waals surface area contributed by atoms with E-state index in [4.69, 9.17) is 9.47 Å². The summed E-state index contributed by atoms with van der Waals surface area (Å²) < 4.78 is 11.3. The lowest BCUT2D eigenvalue weighted by Crippen LogP contribution is -2.45. The molecule has 1 fully saturated rings. The van der Waals surface area contributed by atoms with Gasteiger partial charge in [-0.25, -0.2) is 9.78 Å². The summed E-state index contributed by atoms with van der Waals surface area (Å²) in [5.41, 5.74) is 1.73. The summed E-state index contributed by atoms with van der Waals surface area (Å²) in [4.78, 5) is 20.0. The molecule has 3 rings (SSSR count). The summed E-state index contributed by atoms with van der Waals surface area (Å²) in [6.07, 6.45) is -0.0618. The van der Waals surface area contributed by atoms with Crippen LogP contribution in [0, 0.1) is 12.8 Å². The van der Waals surface area contributed by atoms with Gasteiger partial charge in [-0.15, -0.1) is 11.3 Å². The van der Waals surface area contributed by atoms with Crippen LogP contribution in [0.25, 0.3) is 10.6 Å². The van der Waals surface area contributed by atoms with Gasteiger partial charge >= 0.3 is 5.97 Å². The van der Waals surface area contributed by atoms with Gasteiger partial charge in [0.25, 0.3) is 0 Å². The van der Waals surface area contributed by atoms with Gasteiger partial charge in [-0.2, -0.15) is 0 Å². The van der Waals surface area contributed by atoms with E-state index in [2.05, 4.69) is 23.7 Å². The Morgan fingerprint density at radius 3 is 2.88 bits per heavy atom. The number of rotatable bonds is 6. The first-order valence-corrected chi connectivity index (χ1v) is 9.88. The first-order valence-electron chi connectivity index (χ1n) is 9.07. The largest absolute Gasteiger partial charge is 0.459 e. The molecule has 2 heterocycles. The van der Waals surface area contributed by atoms with Crippen molar-refractivity contribution >= 4 is 17.3 Å². The van der Waals surface area contributed by atoms with Gasteiger partial charge in [0.1, 0.15) is 22.6 Å². The molecule has 6 heteroatoms. The molecule has 0 bridgehead atoms. The fourth-order valence-corrected chi connectivity index (χ4v) is 4.05. The lowest BCUT2D eigenvalue weighted by molar-refractivity contribution is -0.0611. The SMILES string of the molecule is Cc1nc(-c2ccccc2)sc1C(=O)OCC1CN(CC(C)C)CCO1. The molecule has 5 nitrogen and oxygen atoms in total. The second kappa shape index (κ2) is 8.75. The molecule has 0 saturated carbocycles. The minimum atomic E-state index is -0.313. The maximum Gasteiger partial charge on any atom is 0.350 e. The molecule has 1 unspecified atom stereocenters. The topological polar surface area (TPSA) is 51.7 Å². The summed E-state index contributed by atoms with van der Waals surface area (Å²) >= 11 is 1.38. The average molecular weight is 375 g/mol. The van der Waals surface area contributed by atoms with Gasteiger partial charge in [-0.3, -0.25) is 4.90 Å². The van der Waals surface area contributed by atoms with Crippen LogP contribution in [0.2, 0.25) is 0 Å². The molecule has 1 aromatic carbocycles. The number of esters is 1. The fourth-order valence-electron chi connectivity index (χ4n) is 3.09. The van der Waals surface area contributed by atoms with Crippen molar-refractivity contribution in [3.8, 4) is 10.6 Å². The van der Waals surface area contributed by atoms with E-state index in [-0.39, 0.29) is 18.7 Å². The van der Waals surface area contributed by atoms with Crippen molar-refractivity contribution in [2.45, 2.75) is 26.9 Å². The van der Waals surface area contributed by atoms with Gasteiger partial charge in [0.2, 0.25) is 0 Å². The van der Waals surface area contributed by atoms with Crippen molar-refractivity contribution in [1.29, 1.82) is 0 Å². The quantitative estimate of drug-likeness (QED) is 0.723. The van der Waals surface area contributed by atoms with Crippen molar-refractivity contribution in [3.05, 3.63) is 40.9 Å². The third kappa shape index (κ3) is 4.90. The molecular formula is C20H26N2O3S. The van der Waals surface area contributed by atoms with Gasteiger partial charge in [0, 0.05) is 25.2 Å². The van der Waals surface area contributed by atoms with Crippen molar-refractivity contribution in [2.24, 2.45) is 5.92 Å². The minimum absolute atomic E-state index is 0.0618. The average Bonchev–Trinajstić information content (AvgIpc) is 3.02. The van der Waals surface area contributed by atoms with Crippen molar-refractivity contribution in [2.75, 3.05) is 32.8 Å². The number of morpholine rings is 1. The molecule has 1 aliphatic rings. The lowest BCUT2D eigenvalue weighted by Gasteiger charge is -2.33. The molecule has 0 spiro atoms. The zero-order chi connectivity index (χ0) is 18.5. The Morgan fingerprint density at radius 2 is 2.15 bits per heavy atom. The van der Waals surface area contributed by atoms with E-state index in [9.17, 15) is 4.79 Å². The van der Waals surface area contributed by atoms with Crippen LogP contribution in [0.5, 0.6) is 0 Å². The predicted molar refractivity (Wildman–Crippen MR) is 104 cm³/mol. The zero-order valence-corrected chi connectivity index (χ0v) is 16.4. The minimum Gasteiger partial charge on any atom is -0.459 e. The van der Waals surface area contributed by atoms with E-state index in [1.54, 1.807) is 0 Å². The molecule has 0 aliphatic carbocycles. The molecule has 140 valence electrons. The van der Waals surface area contributed by atoms with Crippen LogP contribution in [0.3, 0.4) is 0 Å². The Balaban J connectivity index is 1.58. The smallest absolute Gasteiger partial charge is 0.350 e. The highest BCUT2D eigenvalue weighted by Crippen LogP contribution is 2.28. The summed E-state index contributed by atoms with van der Waals surface area (Å²) in [5.74, 6) is 0.305. The predicted octanol–water partition coefficient (Wildman–Crippen LogP) is 3.63. The van der Waals surface area contributed by atoms with Crippen LogP contribution in [-0.4, -0.2) is 54.8 Å². The highest BCUT2D eigenvalue weighted by molar-refractivity contribution is 7.17. The first-order chi connectivity index (χ1) is 12.5. The van der Waals surface area contributed by atoms with Crippen molar-refractivity contribution in [3.63, 3.8) is 0 Å². The number of aryl methyl sites for hydroxylation is 1. The fraction of sp³-hybridized carbons (Fsp3) is 0.500. The molecule has 2 aromatic rings. The van der Waals surface area contributed by atoms with E-state index in [1.807, 2.05) is 37.3 Å². The number of thiazole rings is 1. The summed E-state index contributed by atoms with van der Waals surface area (Å²) in [7, 11) is 0. The molecule has 1 atom stereocenters. The number of hydrogen-bond acceptors (Lipinski definition) is 6. The molecule has 1 saturated heterocycles. The monoisotopic (exact) mass is 374 g/mol. The zero-order valence-electron chi connectivity index (χ0n) is 15.6. The standard InChI is InChI=1S/C20H26N2O3S/c1-14(2)11-22-9-10-24-17(12-22)13-25-20(23)18-15(3)21-19(26-18)16-7-5-4-6-8-16/h4-8,14,17H,9-13H2,1-3H3. The maximum atomic E-state index is 12.5. The first kappa shape index (κ1) is 19.0. The summed E-state index contributed by atoms with van der Waals surface area (Å²) in [5, 5.41) is 0.840. The van der Waals surface area contributed by atoms with Crippen LogP contribution in [-0.2, 0) is 9.47 Å². The Labute approximate surface area is 159 Å². The van der Waals surface area contributed by atoms with Gasteiger partial charge in [0.05, 0.1) is 12.3 Å². The molecule has 26 heavy (non-hydrogen) atoms. The van der Waals surface area contributed by atoms with Crippen LogP contribution in [0.15, 0.2) is 30.3 Å². The third-order valence-corrected chi connectivity index (χ3v) is 5.44. The van der Waals surface area contributed by atoms with E-state index in [0.717, 1.165) is 30.2 Å². The van der Waals surface area contributed by atoms with Crippen LogP contribution < -0.4 is 0 Å². The van der Waals surface area contributed by atoms with Crippen molar-refractivity contribution in [1.82, 2.24) is 9.88 Å². The van der Waals surface area contributed by atoms with Gasteiger partial charge in [0.15, 0.2) is 0 Å². The van der Waals surface area contributed by atoms with Gasteiger partial charge < -0.3 is 9.47 Å². The van der Waals surface area contributed by atoms with E-state index < -0.39 is 0 Å². The molecule has 1 aromatic heterocycles. The highest BCUT2D eigenvalue weighted by Gasteiger charge is 2.24. The van der Waals surface area contributed by atoms with Gasteiger partial charge in [-0.1, -0.05) is 44.2 Å². The molecule has 0 amide bonds. The van der Waals surface area contributed by atoms with E-state index in [1.165, 1.54) is 11.3 Å². The summed E-state index contributed by atoms with van der Waals surface area (Å²) in [6, 6.07) is 9.88. The Morgan fingerprint density at radius 1 is 1.38 bits per heavy atom. The number of hydrogen-bond donors (Lipinski definition) is 0. The number of carbonyl (C=O) groups excluding carboxylic acids is 1. The van der Waals surface area contributed by atoms with Gasteiger partial charge in [-0.05, 0) is 12.8 Å². The van der Waals surface area contributed by atoms with Crippen LogP contribution in [0.1, 0.15) is 29.2 Å². The number of aromatic nitrogens is 1. The van der Waals surface area contributed by atoms with E-state index >= 15 is 0 Å². The molecular weight excluding hydrogens is 348 g/mol. The lowest BCUT2D eigenvalue weighted by atomic mass is 10.2. The molecule has 0 radical (unpaired) electrons. The second-order valence-electron chi connectivity index (χ2n) is 7.04. The second-order valence-corrected chi connectivity index (χ2v) is 8.04. The van der Waals surface area contributed by atoms with Crippen LogP contribution in [0.4, 0.5) is 0 Å².